The van der Waals surface area contributed by atoms with Crippen LogP contribution in [0.1, 0.15) is 29.9 Å². The van der Waals surface area contributed by atoms with Gasteiger partial charge in [0.05, 0.1) is 0 Å². The van der Waals surface area contributed by atoms with Crippen molar-refractivity contribution in [2.45, 2.75) is 26.8 Å². The van der Waals surface area contributed by atoms with E-state index in [0.29, 0.717) is 11.5 Å². The number of pyridine rings is 1. The van der Waals surface area contributed by atoms with E-state index in [0.717, 1.165) is 11.0 Å². The molecule has 1 amide bonds. The summed E-state index contributed by atoms with van der Waals surface area (Å²) < 4.78 is 0. The van der Waals surface area contributed by atoms with Gasteiger partial charge in [0.1, 0.15) is 0 Å². The number of aromatic nitrogens is 1. The van der Waals surface area contributed by atoms with Gasteiger partial charge in [-0.15, -0.1) is 0 Å². The molecule has 1 aromatic rings. The summed E-state index contributed by atoms with van der Waals surface area (Å²) in [6.07, 6.45) is 1.66. The van der Waals surface area contributed by atoms with Gasteiger partial charge in [0.25, 0.3) is 5.91 Å². The highest BCUT2D eigenvalue weighted by molar-refractivity contribution is 9.09. The first-order valence-electron chi connectivity index (χ1n) is 5.34. The summed E-state index contributed by atoms with van der Waals surface area (Å²) in [5.41, 5.74) is 1.52. The van der Waals surface area contributed by atoms with Gasteiger partial charge in [-0.25, -0.2) is 0 Å². The summed E-state index contributed by atoms with van der Waals surface area (Å²) in [5, 5.41) is 3.86. The number of aryl methyl sites for hydroxylation is 1. The fraction of sp³-hybridized carbons (Fsp3) is 0.500. The average Bonchev–Trinajstić information content (AvgIpc) is 2.27. The van der Waals surface area contributed by atoms with Crippen molar-refractivity contribution in [1.29, 1.82) is 0 Å². The number of amides is 1. The van der Waals surface area contributed by atoms with Crippen molar-refractivity contribution in [1.82, 2.24) is 10.3 Å². The van der Waals surface area contributed by atoms with Crippen LogP contribution in [0.5, 0.6) is 0 Å². The van der Waals surface area contributed by atoms with E-state index in [2.05, 4.69) is 33.2 Å². The van der Waals surface area contributed by atoms with E-state index in [-0.39, 0.29) is 11.9 Å². The van der Waals surface area contributed by atoms with Gasteiger partial charge in [-0.2, -0.15) is 0 Å². The molecule has 4 heteroatoms. The predicted octanol–water partition coefficient (Wildman–Crippen LogP) is 2.54. The number of hydrogen-bond donors (Lipinski definition) is 1. The number of rotatable bonds is 4. The van der Waals surface area contributed by atoms with Crippen molar-refractivity contribution >= 4 is 21.8 Å². The lowest BCUT2D eigenvalue weighted by molar-refractivity contribution is 0.0931. The van der Waals surface area contributed by atoms with Crippen molar-refractivity contribution in [2.24, 2.45) is 5.92 Å². The van der Waals surface area contributed by atoms with Gasteiger partial charge in [-0.05, 0) is 31.9 Å². The van der Waals surface area contributed by atoms with Gasteiger partial charge in [-0.1, -0.05) is 22.9 Å². The Bertz CT molecular complexity index is 368. The Labute approximate surface area is 105 Å². The molecular formula is C12H17BrN2O. The Morgan fingerprint density at radius 1 is 1.56 bits per heavy atom. The molecule has 0 aliphatic rings. The third-order valence-electron chi connectivity index (χ3n) is 2.61. The first-order chi connectivity index (χ1) is 7.54. The number of nitrogens with zero attached hydrogens (tertiary/aromatic N) is 1. The maximum Gasteiger partial charge on any atom is 0.251 e. The predicted molar refractivity (Wildman–Crippen MR) is 68.9 cm³/mol. The SMILES string of the molecule is Cc1cc(C(=O)NC(C)C(C)CBr)ccn1. The lowest BCUT2D eigenvalue weighted by Crippen LogP contribution is -2.37. The van der Waals surface area contributed by atoms with Crippen LogP contribution in [-0.2, 0) is 0 Å². The molecule has 0 saturated carbocycles. The fourth-order valence-corrected chi connectivity index (χ4v) is 1.81. The zero-order valence-electron chi connectivity index (χ0n) is 9.83. The van der Waals surface area contributed by atoms with E-state index >= 15 is 0 Å². The Morgan fingerprint density at radius 2 is 2.25 bits per heavy atom. The van der Waals surface area contributed by atoms with Crippen molar-refractivity contribution in [3.63, 3.8) is 0 Å². The summed E-state index contributed by atoms with van der Waals surface area (Å²) >= 11 is 3.41. The zero-order valence-corrected chi connectivity index (χ0v) is 11.4. The molecule has 0 aliphatic carbocycles. The number of alkyl halides is 1. The van der Waals surface area contributed by atoms with Crippen LogP contribution in [0.15, 0.2) is 18.3 Å². The summed E-state index contributed by atoms with van der Waals surface area (Å²) in [7, 11) is 0. The fourth-order valence-electron chi connectivity index (χ4n) is 1.25. The number of carbonyl (C=O) groups is 1. The summed E-state index contributed by atoms with van der Waals surface area (Å²) in [6.45, 7) is 5.98. The molecule has 0 bridgehead atoms. The van der Waals surface area contributed by atoms with E-state index in [1.54, 1.807) is 18.3 Å². The van der Waals surface area contributed by atoms with Crippen molar-refractivity contribution in [3.05, 3.63) is 29.6 Å². The molecular weight excluding hydrogens is 268 g/mol. The molecule has 1 rings (SSSR count). The second-order valence-corrected chi connectivity index (χ2v) is 4.73. The quantitative estimate of drug-likeness (QED) is 0.864. The average molecular weight is 285 g/mol. The highest BCUT2D eigenvalue weighted by Gasteiger charge is 2.14. The van der Waals surface area contributed by atoms with Gasteiger partial charge >= 0.3 is 0 Å². The van der Waals surface area contributed by atoms with Crippen LogP contribution in [0.2, 0.25) is 0 Å². The monoisotopic (exact) mass is 284 g/mol. The maximum atomic E-state index is 11.9. The molecule has 2 atom stereocenters. The van der Waals surface area contributed by atoms with Gasteiger partial charge in [-0.3, -0.25) is 9.78 Å². The summed E-state index contributed by atoms with van der Waals surface area (Å²) in [5.74, 6) is 0.373. The Balaban J connectivity index is 2.66. The Morgan fingerprint density at radius 3 is 2.81 bits per heavy atom. The first-order valence-corrected chi connectivity index (χ1v) is 6.46. The van der Waals surface area contributed by atoms with Crippen LogP contribution in [0, 0.1) is 12.8 Å². The number of hydrogen-bond acceptors (Lipinski definition) is 2. The summed E-state index contributed by atoms with van der Waals surface area (Å²) in [6, 6.07) is 3.68. The van der Waals surface area contributed by atoms with Crippen LogP contribution < -0.4 is 5.32 Å². The second-order valence-electron chi connectivity index (χ2n) is 4.08. The van der Waals surface area contributed by atoms with E-state index in [1.807, 2.05) is 13.8 Å². The van der Waals surface area contributed by atoms with Gasteiger partial charge in [0.15, 0.2) is 0 Å². The molecule has 1 N–H and O–H groups in total. The number of nitrogens with one attached hydrogen (secondary N) is 1. The number of halogens is 1. The van der Waals surface area contributed by atoms with E-state index in [9.17, 15) is 4.79 Å². The van der Waals surface area contributed by atoms with Crippen molar-refractivity contribution in [3.8, 4) is 0 Å². The standard InChI is InChI=1S/C12H17BrN2O/c1-8(7-13)10(3)15-12(16)11-4-5-14-9(2)6-11/h4-6,8,10H,7H2,1-3H3,(H,15,16). The third-order valence-corrected chi connectivity index (χ3v) is 3.64. The Hall–Kier alpha value is -0.900. The maximum absolute atomic E-state index is 11.9. The molecule has 0 aliphatic heterocycles. The van der Waals surface area contributed by atoms with Crippen molar-refractivity contribution < 1.29 is 4.79 Å². The highest BCUT2D eigenvalue weighted by Crippen LogP contribution is 2.07. The highest BCUT2D eigenvalue weighted by atomic mass is 79.9. The molecule has 0 radical (unpaired) electrons. The topological polar surface area (TPSA) is 42.0 Å². The lowest BCUT2D eigenvalue weighted by Gasteiger charge is -2.19. The molecule has 0 aromatic carbocycles. The van der Waals surface area contributed by atoms with Crippen LogP contribution in [0.3, 0.4) is 0 Å². The van der Waals surface area contributed by atoms with Crippen LogP contribution in [-0.4, -0.2) is 22.3 Å². The third kappa shape index (κ3) is 3.59. The van der Waals surface area contributed by atoms with Gasteiger partial charge in [0, 0.05) is 28.8 Å². The number of carbonyl (C=O) groups excluding carboxylic acids is 1. The van der Waals surface area contributed by atoms with Gasteiger partial charge < -0.3 is 5.32 Å². The van der Waals surface area contributed by atoms with E-state index in [1.165, 1.54) is 0 Å². The van der Waals surface area contributed by atoms with E-state index in [4.69, 9.17) is 0 Å². The summed E-state index contributed by atoms with van der Waals surface area (Å²) in [4.78, 5) is 15.9. The molecule has 0 fully saturated rings. The minimum absolute atomic E-state index is 0.0363. The molecule has 0 spiro atoms. The van der Waals surface area contributed by atoms with Crippen LogP contribution >= 0.6 is 15.9 Å². The van der Waals surface area contributed by atoms with Crippen LogP contribution in [0.4, 0.5) is 0 Å². The molecule has 0 saturated heterocycles. The molecule has 1 aromatic heterocycles. The van der Waals surface area contributed by atoms with Crippen LogP contribution in [0.25, 0.3) is 0 Å². The largest absolute Gasteiger partial charge is 0.349 e. The minimum Gasteiger partial charge on any atom is -0.349 e. The van der Waals surface area contributed by atoms with Gasteiger partial charge in [0.2, 0.25) is 0 Å². The van der Waals surface area contributed by atoms with Crippen molar-refractivity contribution in [2.75, 3.05) is 5.33 Å². The molecule has 16 heavy (non-hydrogen) atoms. The molecule has 88 valence electrons. The van der Waals surface area contributed by atoms with E-state index < -0.39 is 0 Å². The zero-order chi connectivity index (χ0) is 12.1. The molecule has 1 heterocycles. The molecule has 3 nitrogen and oxygen atoms in total. The lowest BCUT2D eigenvalue weighted by atomic mass is 10.1. The minimum atomic E-state index is -0.0363. The smallest absolute Gasteiger partial charge is 0.251 e. The normalized spacial score (nSPS) is 14.2. The first kappa shape index (κ1) is 13.2. The second kappa shape index (κ2) is 5.99. The Kier molecular flexibility index (Phi) is 4.93. The molecule has 2 unspecified atom stereocenters.